The first-order chi connectivity index (χ1) is 8.04. The molecule has 0 saturated carbocycles. The Labute approximate surface area is 98.5 Å². The van der Waals surface area contributed by atoms with Gasteiger partial charge in [-0.2, -0.15) is 5.26 Å². The summed E-state index contributed by atoms with van der Waals surface area (Å²) in [5.74, 6) is -0.457. The van der Waals surface area contributed by atoms with E-state index in [1.54, 1.807) is 30.3 Å². The predicted molar refractivity (Wildman–Crippen MR) is 61.9 cm³/mol. The number of allylic oxidation sites excluding steroid dienone is 1. The largest absolute Gasteiger partial charge is 0.351 e. The smallest absolute Gasteiger partial charge is 0.316 e. The Morgan fingerprint density at radius 1 is 1.35 bits per heavy atom. The van der Waals surface area contributed by atoms with E-state index in [-0.39, 0.29) is 5.57 Å². The zero-order chi connectivity index (χ0) is 12.8. The van der Waals surface area contributed by atoms with E-state index in [9.17, 15) is 9.59 Å². The van der Waals surface area contributed by atoms with Crippen LogP contribution >= 0.6 is 0 Å². The summed E-state index contributed by atoms with van der Waals surface area (Å²) in [6.45, 7) is 1.89. The van der Waals surface area contributed by atoms with E-state index in [0.29, 0.717) is 5.56 Å². The maximum Gasteiger partial charge on any atom is 0.316 e. The molecule has 2 amide bonds. The lowest BCUT2D eigenvalue weighted by Gasteiger charge is -2.00. The third-order valence-electron chi connectivity index (χ3n) is 2.04. The van der Waals surface area contributed by atoms with Crippen molar-refractivity contribution in [3.05, 3.63) is 47.2 Å². The molecule has 17 heavy (non-hydrogen) atoms. The lowest BCUT2D eigenvalue weighted by atomic mass is 10.0. The van der Waals surface area contributed by atoms with Crippen LogP contribution in [0.25, 0.3) is 0 Å². The molecule has 0 heterocycles. The Morgan fingerprint density at radius 2 is 1.94 bits per heavy atom. The maximum absolute atomic E-state index is 11.8. The number of carbonyl (C=O) groups excluding carboxylic acids is 2. The first-order valence-electron chi connectivity index (χ1n) is 4.82. The fourth-order valence-electron chi connectivity index (χ4n) is 1.15. The highest BCUT2D eigenvalue weighted by atomic mass is 16.2. The lowest BCUT2D eigenvalue weighted by molar-refractivity contribution is 0.103. The molecule has 0 fully saturated rings. The average Bonchev–Trinajstić information content (AvgIpc) is 2.30. The van der Waals surface area contributed by atoms with Gasteiger partial charge in [0, 0.05) is 11.8 Å². The second-order valence-electron chi connectivity index (χ2n) is 3.37. The van der Waals surface area contributed by atoms with Crippen LogP contribution in [0.3, 0.4) is 0 Å². The van der Waals surface area contributed by atoms with Crippen LogP contribution < -0.4 is 11.1 Å². The Morgan fingerprint density at radius 3 is 2.41 bits per heavy atom. The van der Waals surface area contributed by atoms with Gasteiger partial charge in [-0.15, -0.1) is 0 Å². The zero-order valence-corrected chi connectivity index (χ0v) is 9.23. The molecule has 0 unspecified atom stereocenters. The molecule has 0 spiro atoms. The van der Waals surface area contributed by atoms with Gasteiger partial charge in [-0.25, -0.2) is 4.79 Å². The summed E-state index contributed by atoms with van der Waals surface area (Å²) in [7, 11) is 0. The van der Waals surface area contributed by atoms with Gasteiger partial charge in [0.25, 0.3) is 0 Å². The number of primary amides is 1. The fraction of sp³-hybridized carbons (Fsp3) is 0.0833. The molecule has 5 heteroatoms. The van der Waals surface area contributed by atoms with E-state index in [2.05, 4.69) is 5.32 Å². The summed E-state index contributed by atoms with van der Waals surface area (Å²) in [6, 6.07) is 7.66. The molecular weight excluding hydrogens is 218 g/mol. The monoisotopic (exact) mass is 229 g/mol. The van der Waals surface area contributed by atoms with Crippen LogP contribution in [0.5, 0.6) is 0 Å². The molecule has 0 bridgehead atoms. The number of nitrogens with zero attached hydrogens (tertiary/aromatic N) is 1. The molecule has 0 aromatic heterocycles. The van der Waals surface area contributed by atoms with Gasteiger partial charge in [0.15, 0.2) is 0 Å². The van der Waals surface area contributed by atoms with Crippen LogP contribution in [0, 0.1) is 18.3 Å². The third-order valence-corrected chi connectivity index (χ3v) is 2.04. The van der Waals surface area contributed by atoms with Crippen LogP contribution in [0.15, 0.2) is 36.0 Å². The predicted octanol–water partition coefficient (Wildman–Crippen LogP) is 1.25. The second-order valence-corrected chi connectivity index (χ2v) is 3.37. The Bertz CT molecular complexity index is 510. The number of Topliss-reactive ketones (excluding diaryl/α,β-unsaturated/α-hetero) is 1. The van der Waals surface area contributed by atoms with Crippen molar-refractivity contribution in [3.63, 3.8) is 0 Å². The van der Waals surface area contributed by atoms with Gasteiger partial charge in [0.05, 0.1) is 0 Å². The summed E-state index contributed by atoms with van der Waals surface area (Å²) in [5, 5.41) is 10.9. The Balaban J connectivity index is 2.95. The SMILES string of the molecule is Cc1ccc(C(=O)C(C#N)=CNC(N)=O)cc1. The summed E-state index contributed by atoms with van der Waals surface area (Å²) >= 11 is 0. The first kappa shape index (κ1) is 12.5. The third kappa shape index (κ3) is 3.47. The fourth-order valence-corrected chi connectivity index (χ4v) is 1.15. The standard InChI is InChI=1S/C12H11N3O2/c1-8-2-4-9(5-3-8)11(16)10(6-13)7-15-12(14)17/h2-5,7H,1H3,(H3,14,15,17). The van der Waals surface area contributed by atoms with Crippen molar-refractivity contribution in [2.75, 3.05) is 0 Å². The van der Waals surface area contributed by atoms with Crippen molar-refractivity contribution < 1.29 is 9.59 Å². The number of hydrogen-bond acceptors (Lipinski definition) is 3. The Kier molecular flexibility index (Phi) is 4.01. The molecule has 3 N–H and O–H groups in total. The number of ketones is 1. The molecule has 0 aliphatic heterocycles. The number of amides is 2. The lowest BCUT2D eigenvalue weighted by Crippen LogP contribution is -2.25. The average molecular weight is 229 g/mol. The van der Waals surface area contributed by atoms with Crippen molar-refractivity contribution >= 4 is 11.8 Å². The van der Waals surface area contributed by atoms with Crippen molar-refractivity contribution in [3.8, 4) is 6.07 Å². The van der Waals surface area contributed by atoms with Crippen LogP contribution in [-0.2, 0) is 0 Å². The molecule has 86 valence electrons. The minimum Gasteiger partial charge on any atom is -0.351 e. The van der Waals surface area contributed by atoms with Gasteiger partial charge < -0.3 is 11.1 Å². The van der Waals surface area contributed by atoms with Gasteiger partial charge in [0.1, 0.15) is 11.6 Å². The highest BCUT2D eigenvalue weighted by Crippen LogP contribution is 2.08. The van der Waals surface area contributed by atoms with Gasteiger partial charge in [-0.1, -0.05) is 29.8 Å². The number of nitrogens with two attached hydrogens (primary N) is 1. The normalized spacial score (nSPS) is 10.5. The molecule has 5 nitrogen and oxygen atoms in total. The molecule has 1 aromatic rings. The summed E-state index contributed by atoms with van der Waals surface area (Å²) in [6.07, 6.45) is 1.00. The van der Waals surface area contributed by atoms with E-state index in [1.807, 2.05) is 6.92 Å². The molecule has 1 aromatic carbocycles. The first-order valence-corrected chi connectivity index (χ1v) is 4.82. The number of nitrogens with one attached hydrogen (secondary N) is 1. The number of carbonyl (C=O) groups is 2. The van der Waals surface area contributed by atoms with E-state index < -0.39 is 11.8 Å². The highest BCUT2D eigenvalue weighted by Gasteiger charge is 2.11. The van der Waals surface area contributed by atoms with Crippen molar-refractivity contribution in [2.24, 2.45) is 5.73 Å². The topological polar surface area (TPSA) is 96.0 Å². The van der Waals surface area contributed by atoms with Crippen LogP contribution in [-0.4, -0.2) is 11.8 Å². The number of rotatable bonds is 3. The van der Waals surface area contributed by atoms with Crippen LogP contribution in [0.2, 0.25) is 0 Å². The molecule has 0 aliphatic carbocycles. The minimum absolute atomic E-state index is 0.173. The molecule has 0 saturated heterocycles. The quantitative estimate of drug-likeness (QED) is 0.463. The number of aryl methyl sites for hydroxylation is 1. The van der Waals surface area contributed by atoms with Gasteiger partial charge in [0.2, 0.25) is 5.78 Å². The Hall–Kier alpha value is -2.61. The molecule has 0 atom stereocenters. The number of nitriles is 1. The van der Waals surface area contributed by atoms with E-state index in [4.69, 9.17) is 11.0 Å². The van der Waals surface area contributed by atoms with E-state index in [0.717, 1.165) is 11.8 Å². The van der Waals surface area contributed by atoms with Gasteiger partial charge >= 0.3 is 6.03 Å². The zero-order valence-electron chi connectivity index (χ0n) is 9.23. The molecule has 0 aliphatic rings. The van der Waals surface area contributed by atoms with Crippen LogP contribution in [0.1, 0.15) is 15.9 Å². The summed E-state index contributed by atoms with van der Waals surface area (Å²) < 4.78 is 0. The number of hydrogen-bond donors (Lipinski definition) is 2. The molecular formula is C12H11N3O2. The number of benzene rings is 1. The van der Waals surface area contributed by atoms with Crippen molar-refractivity contribution in [1.82, 2.24) is 5.32 Å². The molecule has 1 rings (SSSR count). The van der Waals surface area contributed by atoms with Crippen molar-refractivity contribution in [1.29, 1.82) is 5.26 Å². The highest BCUT2D eigenvalue weighted by molar-refractivity contribution is 6.11. The van der Waals surface area contributed by atoms with Gasteiger partial charge in [-0.3, -0.25) is 4.79 Å². The number of urea groups is 1. The van der Waals surface area contributed by atoms with E-state index >= 15 is 0 Å². The van der Waals surface area contributed by atoms with Gasteiger partial charge in [-0.05, 0) is 6.92 Å². The van der Waals surface area contributed by atoms with E-state index in [1.165, 1.54) is 0 Å². The maximum atomic E-state index is 11.8. The van der Waals surface area contributed by atoms with Crippen molar-refractivity contribution in [2.45, 2.75) is 6.92 Å². The summed E-state index contributed by atoms with van der Waals surface area (Å²) in [5.41, 5.74) is 6.06. The summed E-state index contributed by atoms with van der Waals surface area (Å²) in [4.78, 5) is 22.3. The molecule has 0 radical (unpaired) electrons. The van der Waals surface area contributed by atoms with Crippen LogP contribution in [0.4, 0.5) is 4.79 Å². The minimum atomic E-state index is -0.825. The second kappa shape index (κ2) is 5.47.